The molecule has 1 amide bonds. The van der Waals surface area contributed by atoms with E-state index in [1.807, 2.05) is 24.3 Å². The zero-order valence-electron chi connectivity index (χ0n) is 15.9. The van der Waals surface area contributed by atoms with Crippen LogP contribution in [0.4, 0.5) is 13.2 Å². The van der Waals surface area contributed by atoms with Gasteiger partial charge in [0, 0.05) is 19.0 Å². The van der Waals surface area contributed by atoms with Crippen molar-refractivity contribution in [2.45, 2.75) is 32.3 Å². The van der Waals surface area contributed by atoms with Crippen molar-refractivity contribution < 1.29 is 22.7 Å². The number of rotatable bonds is 7. The van der Waals surface area contributed by atoms with Crippen LogP contribution >= 0.6 is 11.3 Å². The zero-order valence-corrected chi connectivity index (χ0v) is 16.8. The fourth-order valence-corrected chi connectivity index (χ4v) is 3.70. The van der Waals surface area contributed by atoms with Crippen molar-refractivity contribution in [2.75, 3.05) is 0 Å². The molecule has 0 spiro atoms. The zero-order chi connectivity index (χ0) is 21.7. The van der Waals surface area contributed by atoms with E-state index in [1.54, 1.807) is 6.07 Å². The van der Waals surface area contributed by atoms with Crippen LogP contribution in [0.25, 0.3) is 10.6 Å². The summed E-state index contributed by atoms with van der Waals surface area (Å²) in [4.78, 5) is 11.7. The van der Waals surface area contributed by atoms with Crippen LogP contribution in [0.2, 0.25) is 0 Å². The highest BCUT2D eigenvalue weighted by Crippen LogP contribution is 2.32. The number of amides is 1. The Balaban J connectivity index is 1.83. The number of carbonyl (C=O) groups is 1. The first-order chi connectivity index (χ1) is 14.2. The van der Waals surface area contributed by atoms with Crippen LogP contribution in [0, 0.1) is 0 Å². The smallest absolute Gasteiger partial charge is 0.406 e. The summed E-state index contributed by atoms with van der Waals surface area (Å²) in [6.45, 7) is 1.84. The van der Waals surface area contributed by atoms with E-state index in [2.05, 4.69) is 20.3 Å². The van der Waals surface area contributed by atoms with Gasteiger partial charge in [0.15, 0.2) is 0 Å². The molecule has 0 aliphatic rings. The summed E-state index contributed by atoms with van der Waals surface area (Å²) in [7, 11) is 0. The SMILES string of the molecule is CC(=O)N[C@@H](Cc1ccc(CN)cc1)c1nnc(-c2cccc(OC(F)(F)F)c2)s1. The molecule has 3 rings (SSSR count). The maximum atomic E-state index is 12.5. The molecule has 0 aliphatic heterocycles. The number of nitrogens with zero attached hydrogens (tertiary/aromatic N) is 2. The third-order valence-corrected chi connectivity index (χ3v) is 5.22. The van der Waals surface area contributed by atoms with Crippen LogP contribution in [-0.4, -0.2) is 22.5 Å². The van der Waals surface area contributed by atoms with Gasteiger partial charge in [-0.15, -0.1) is 23.4 Å². The van der Waals surface area contributed by atoms with Crippen molar-refractivity contribution in [3.63, 3.8) is 0 Å². The Kier molecular flexibility index (Phi) is 6.68. The Labute approximate surface area is 174 Å². The number of aromatic nitrogens is 2. The van der Waals surface area contributed by atoms with Crippen molar-refractivity contribution in [1.29, 1.82) is 0 Å². The normalized spacial score (nSPS) is 12.4. The molecular weight excluding hydrogens is 417 g/mol. The fourth-order valence-electron chi connectivity index (χ4n) is 2.81. The van der Waals surface area contributed by atoms with Gasteiger partial charge in [-0.25, -0.2) is 0 Å². The molecule has 1 aromatic heterocycles. The Hall–Kier alpha value is -2.98. The van der Waals surface area contributed by atoms with Crippen molar-refractivity contribution >= 4 is 17.2 Å². The maximum absolute atomic E-state index is 12.5. The van der Waals surface area contributed by atoms with Crippen molar-refractivity contribution in [3.8, 4) is 16.3 Å². The highest BCUT2D eigenvalue weighted by Gasteiger charge is 2.31. The largest absolute Gasteiger partial charge is 0.573 e. The molecule has 3 aromatic rings. The lowest BCUT2D eigenvalue weighted by Gasteiger charge is -2.15. The fraction of sp³-hybridized carbons (Fsp3) is 0.250. The first-order valence-corrected chi connectivity index (χ1v) is 9.79. The van der Waals surface area contributed by atoms with Gasteiger partial charge in [0.2, 0.25) is 5.91 Å². The van der Waals surface area contributed by atoms with E-state index in [4.69, 9.17) is 5.73 Å². The van der Waals surface area contributed by atoms with E-state index >= 15 is 0 Å². The van der Waals surface area contributed by atoms with Crippen molar-refractivity contribution in [1.82, 2.24) is 15.5 Å². The van der Waals surface area contributed by atoms with Gasteiger partial charge in [-0.2, -0.15) is 0 Å². The average molecular weight is 436 g/mol. The number of halogens is 3. The molecule has 158 valence electrons. The van der Waals surface area contributed by atoms with Gasteiger partial charge >= 0.3 is 6.36 Å². The number of carbonyl (C=O) groups excluding carboxylic acids is 1. The summed E-state index contributed by atoms with van der Waals surface area (Å²) in [5.74, 6) is -0.564. The molecule has 0 radical (unpaired) electrons. The van der Waals surface area contributed by atoms with Crippen LogP contribution in [-0.2, 0) is 17.8 Å². The summed E-state index contributed by atoms with van der Waals surface area (Å²) in [5.41, 5.74) is 8.02. The lowest BCUT2D eigenvalue weighted by atomic mass is 10.0. The number of nitrogens with one attached hydrogen (secondary N) is 1. The molecule has 0 bridgehead atoms. The van der Waals surface area contributed by atoms with Gasteiger partial charge in [-0.1, -0.05) is 47.7 Å². The molecule has 3 N–H and O–H groups in total. The van der Waals surface area contributed by atoms with E-state index in [1.165, 1.54) is 36.5 Å². The minimum Gasteiger partial charge on any atom is -0.406 e. The number of ether oxygens (including phenoxy) is 1. The van der Waals surface area contributed by atoms with Crippen molar-refractivity contribution in [2.24, 2.45) is 5.73 Å². The van der Waals surface area contributed by atoms with Crippen LogP contribution in [0.1, 0.15) is 29.1 Å². The van der Waals surface area contributed by atoms with E-state index in [-0.39, 0.29) is 11.7 Å². The lowest BCUT2D eigenvalue weighted by Crippen LogP contribution is -2.27. The molecule has 10 heteroatoms. The van der Waals surface area contributed by atoms with Crippen LogP contribution in [0.5, 0.6) is 5.75 Å². The molecule has 30 heavy (non-hydrogen) atoms. The van der Waals surface area contributed by atoms with Gasteiger partial charge in [-0.05, 0) is 29.7 Å². The summed E-state index contributed by atoms with van der Waals surface area (Å²) >= 11 is 1.20. The maximum Gasteiger partial charge on any atom is 0.573 e. The Morgan fingerprint density at radius 3 is 2.50 bits per heavy atom. The second kappa shape index (κ2) is 9.23. The lowest BCUT2D eigenvalue weighted by molar-refractivity contribution is -0.274. The molecule has 0 fully saturated rings. The number of nitrogens with two attached hydrogens (primary N) is 1. The van der Waals surface area contributed by atoms with Crippen LogP contribution in [0.15, 0.2) is 48.5 Å². The van der Waals surface area contributed by atoms with Gasteiger partial charge < -0.3 is 15.8 Å². The highest BCUT2D eigenvalue weighted by molar-refractivity contribution is 7.14. The molecule has 1 heterocycles. The predicted octanol–water partition coefficient (Wildman–Crippen LogP) is 3.98. The van der Waals surface area contributed by atoms with Crippen LogP contribution < -0.4 is 15.8 Å². The summed E-state index contributed by atoms with van der Waals surface area (Å²) in [6, 6.07) is 12.8. The third-order valence-electron chi connectivity index (χ3n) is 4.13. The van der Waals surface area contributed by atoms with Crippen LogP contribution in [0.3, 0.4) is 0 Å². The van der Waals surface area contributed by atoms with Gasteiger partial charge in [-0.3, -0.25) is 4.79 Å². The standard InChI is InChI=1S/C20H19F3N4O2S/c1-12(28)25-17(9-13-5-7-14(11-24)8-6-13)19-27-26-18(30-19)15-3-2-4-16(10-15)29-20(21,22)23/h2-8,10,17H,9,11,24H2,1H3,(H,25,28)/t17-/m0/s1. The predicted molar refractivity (Wildman–Crippen MR) is 107 cm³/mol. The molecule has 0 unspecified atom stereocenters. The van der Waals surface area contributed by atoms with E-state index < -0.39 is 12.4 Å². The van der Waals surface area contributed by atoms with E-state index in [0.717, 1.165) is 11.1 Å². The van der Waals surface area contributed by atoms with Gasteiger partial charge in [0.05, 0.1) is 6.04 Å². The third kappa shape index (κ3) is 6.01. The number of alkyl halides is 3. The quantitative estimate of drug-likeness (QED) is 0.585. The Bertz CT molecular complexity index is 1010. The number of benzene rings is 2. The van der Waals surface area contributed by atoms with E-state index in [9.17, 15) is 18.0 Å². The Morgan fingerprint density at radius 2 is 1.87 bits per heavy atom. The van der Waals surface area contributed by atoms with E-state index in [0.29, 0.717) is 28.5 Å². The topological polar surface area (TPSA) is 90.1 Å². The summed E-state index contributed by atoms with van der Waals surface area (Å²) in [6.07, 6.45) is -4.29. The van der Waals surface area contributed by atoms with Gasteiger partial charge in [0.1, 0.15) is 15.8 Å². The number of hydrogen-bond acceptors (Lipinski definition) is 6. The molecule has 2 aromatic carbocycles. The molecular formula is C20H19F3N4O2S. The second-order valence-electron chi connectivity index (χ2n) is 6.50. The molecule has 0 saturated heterocycles. The average Bonchev–Trinajstić information content (AvgIpc) is 3.17. The Morgan fingerprint density at radius 1 is 1.17 bits per heavy atom. The number of hydrogen-bond donors (Lipinski definition) is 2. The molecule has 0 saturated carbocycles. The summed E-state index contributed by atoms with van der Waals surface area (Å²) in [5, 5.41) is 12.1. The minimum atomic E-state index is -4.78. The highest BCUT2D eigenvalue weighted by atomic mass is 32.1. The first-order valence-electron chi connectivity index (χ1n) is 8.98. The molecule has 1 atom stereocenters. The monoisotopic (exact) mass is 436 g/mol. The molecule has 0 aliphatic carbocycles. The van der Waals surface area contributed by atoms with Gasteiger partial charge in [0.25, 0.3) is 0 Å². The molecule has 6 nitrogen and oxygen atoms in total. The first kappa shape index (κ1) is 21.7. The van der Waals surface area contributed by atoms with Crippen molar-refractivity contribution in [3.05, 3.63) is 64.7 Å². The summed E-state index contributed by atoms with van der Waals surface area (Å²) < 4.78 is 41.4. The second-order valence-corrected chi connectivity index (χ2v) is 7.51. The minimum absolute atomic E-state index is 0.226.